The van der Waals surface area contributed by atoms with Crippen molar-refractivity contribution < 1.29 is 9.32 Å². The van der Waals surface area contributed by atoms with Gasteiger partial charge >= 0.3 is 0 Å². The van der Waals surface area contributed by atoms with Crippen LogP contribution in [-0.4, -0.2) is 42.1 Å². The first-order valence-corrected chi connectivity index (χ1v) is 8.88. The Labute approximate surface area is 140 Å². The number of nitrogens with zero attached hydrogens (tertiary/aromatic N) is 2. The molecule has 0 aromatic carbocycles. The number of aryl methyl sites for hydroxylation is 1. The van der Waals surface area contributed by atoms with Crippen molar-refractivity contribution in [2.24, 2.45) is 5.41 Å². The summed E-state index contributed by atoms with van der Waals surface area (Å²) in [6.07, 6.45) is 3.93. The van der Waals surface area contributed by atoms with Crippen molar-refractivity contribution in [3.8, 4) is 0 Å². The van der Waals surface area contributed by atoms with Gasteiger partial charge < -0.3 is 14.7 Å². The Balaban J connectivity index is 2.76. The van der Waals surface area contributed by atoms with Gasteiger partial charge in [-0.25, -0.2) is 0 Å². The van der Waals surface area contributed by atoms with E-state index in [1.807, 2.05) is 6.92 Å². The largest absolute Gasteiger partial charge is 0.361 e. The van der Waals surface area contributed by atoms with Gasteiger partial charge in [0.2, 0.25) is 0 Å². The summed E-state index contributed by atoms with van der Waals surface area (Å²) in [5, 5.41) is 6.92. The Morgan fingerprint density at radius 2 is 2.00 bits per heavy atom. The highest BCUT2D eigenvalue weighted by atomic mass is 16.5. The van der Waals surface area contributed by atoms with Crippen molar-refractivity contribution in [1.29, 1.82) is 0 Å². The van der Waals surface area contributed by atoms with Crippen LogP contribution in [0.2, 0.25) is 0 Å². The maximum Gasteiger partial charge on any atom is 0.273 e. The van der Waals surface area contributed by atoms with Crippen molar-refractivity contribution in [3.05, 3.63) is 17.5 Å². The summed E-state index contributed by atoms with van der Waals surface area (Å²) < 4.78 is 5.12. The second kappa shape index (κ2) is 9.06. The third-order valence-electron chi connectivity index (χ3n) is 5.27. The Kier molecular flexibility index (Phi) is 7.76. The molecular formula is C18H33N3O2. The standard InChI is InChI=1S/C18H33N3O2/c1-7-11-21(6)14(5)18(9-3,10-4)13-19-17(22)16-12-15(8-2)23-20-16/h12,14H,7-11,13H2,1-6H3,(H,19,22). The van der Waals surface area contributed by atoms with E-state index in [0.29, 0.717) is 18.3 Å². The van der Waals surface area contributed by atoms with Crippen LogP contribution < -0.4 is 5.32 Å². The number of nitrogens with one attached hydrogen (secondary N) is 1. The molecule has 1 unspecified atom stereocenters. The molecule has 5 nitrogen and oxygen atoms in total. The molecule has 1 rings (SSSR count). The Morgan fingerprint density at radius 1 is 1.35 bits per heavy atom. The number of amides is 1. The van der Waals surface area contributed by atoms with Gasteiger partial charge in [0.1, 0.15) is 5.76 Å². The van der Waals surface area contributed by atoms with Crippen LogP contribution in [0.3, 0.4) is 0 Å². The summed E-state index contributed by atoms with van der Waals surface area (Å²) >= 11 is 0. The number of hydrogen-bond acceptors (Lipinski definition) is 4. The number of carbonyl (C=O) groups excluding carboxylic acids is 1. The van der Waals surface area contributed by atoms with Gasteiger partial charge in [0.25, 0.3) is 5.91 Å². The normalized spacial score (nSPS) is 13.3. The van der Waals surface area contributed by atoms with Gasteiger partial charge in [-0.15, -0.1) is 0 Å². The van der Waals surface area contributed by atoms with Crippen molar-refractivity contribution in [3.63, 3.8) is 0 Å². The van der Waals surface area contributed by atoms with E-state index in [1.54, 1.807) is 6.07 Å². The third kappa shape index (κ3) is 4.80. The van der Waals surface area contributed by atoms with Crippen LogP contribution in [0.25, 0.3) is 0 Å². The lowest BCUT2D eigenvalue weighted by molar-refractivity contribution is 0.0726. The summed E-state index contributed by atoms with van der Waals surface area (Å²) in [5.74, 6) is 0.591. The lowest BCUT2D eigenvalue weighted by atomic mass is 9.75. The molecule has 0 radical (unpaired) electrons. The monoisotopic (exact) mass is 323 g/mol. The van der Waals surface area contributed by atoms with E-state index in [4.69, 9.17) is 4.52 Å². The van der Waals surface area contributed by atoms with E-state index >= 15 is 0 Å². The molecule has 1 heterocycles. The predicted molar refractivity (Wildman–Crippen MR) is 93.6 cm³/mol. The van der Waals surface area contributed by atoms with Crippen LogP contribution in [0, 0.1) is 5.41 Å². The fraction of sp³-hybridized carbons (Fsp3) is 0.778. The van der Waals surface area contributed by atoms with Crippen LogP contribution in [0.15, 0.2) is 10.6 Å². The Morgan fingerprint density at radius 3 is 2.48 bits per heavy atom. The molecule has 5 heteroatoms. The molecule has 0 bridgehead atoms. The van der Waals surface area contributed by atoms with E-state index in [9.17, 15) is 4.79 Å². The molecule has 0 saturated carbocycles. The van der Waals surface area contributed by atoms with Crippen molar-refractivity contribution >= 4 is 5.91 Å². The molecule has 1 N–H and O–H groups in total. The summed E-state index contributed by atoms with van der Waals surface area (Å²) in [7, 11) is 2.17. The van der Waals surface area contributed by atoms with Crippen molar-refractivity contribution in [1.82, 2.24) is 15.4 Å². The van der Waals surface area contributed by atoms with E-state index in [0.717, 1.165) is 38.0 Å². The SMILES string of the molecule is CCCN(C)C(C)C(CC)(CC)CNC(=O)c1cc(CC)on1. The van der Waals surface area contributed by atoms with Crippen LogP contribution in [0.5, 0.6) is 0 Å². The van der Waals surface area contributed by atoms with Crippen LogP contribution in [0.4, 0.5) is 0 Å². The van der Waals surface area contributed by atoms with Crippen molar-refractivity contribution in [2.45, 2.75) is 66.3 Å². The van der Waals surface area contributed by atoms with Crippen LogP contribution in [-0.2, 0) is 6.42 Å². The lowest BCUT2D eigenvalue weighted by Crippen LogP contribution is -2.50. The first-order valence-electron chi connectivity index (χ1n) is 8.88. The van der Waals surface area contributed by atoms with Gasteiger partial charge in [-0.05, 0) is 39.8 Å². The molecular weight excluding hydrogens is 290 g/mol. The maximum atomic E-state index is 12.3. The summed E-state index contributed by atoms with van der Waals surface area (Å²) in [6, 6.07) is 2.13. The van der Waals surface area contributed by atoms with Gasteiger partial charge in [0.05, 0.1) is 0 Å². The van der Waals surface area contributed by atoms with Crippen molar-refractivity contribution in [2.75, 3.05) is 20.1 Å². The highest BCUT2D eigenvalue weighted by Gasteiger charge is 2.35. The topological polar surface area (TPSA) is 58.4 Å². The molecule has 1 atom stereocenters. The highest BCUT2D eigenvalue weighted by Crippen LogP contribution is 2.33. The second-order valence-corrected chi connectivity index (χ2v) is 6.44. The molecule has 0 aliphatic heterocycles. The first kappa shape index (κ1) is 19.7. The molecule has 0 aliphatic carbocycles. The zero-order valence-corrected chi connectivity index (χ0v) is 15.6. The molecule has 0 spiro atoms. The van der Waals surface area contributed by atoms with E-state index < -0.39 is 0 Å². The molecule has 1 aromatic heterocycles. The number of carbonyl (C=O) groups is 1. The van der Waals surface area contributed by atoms with Gasteiger partial charge in [-0.1, -0.05) is 32.9 Å². The highest BCUT2D eigenvalue weighted by molar-refractivity contribution is 5.92. The summed E-state index contributed by atoms with van der Waals surface area (Å²) in [4.78, 5) is 14.7. The van der Waals surface area contributed by atoms with Gasteiger partial charge in [0.15, 0.2) is 5.69 Å². The van der Waals surface area contributed by atoms with Crippen LogP contribution >= 0.6 is 0 Å². The Hall–Kier alpha value is -1.36. The summed E-state index contributed by atoms with van der Waals surface area (Å²) in [6.45, 7) is 12.6. The number of rotatable bonds is 10. The average molecular weight is 323 g/mol. The molecule has 132 valence electrons. The summed E-state index contributed by atoms with van der Waals surface area (Å²) in [5.41, 5.74) is 0.439. The number of aromatic nitrogens is 1. The molecule has 0 aliphatic rings. The minimum atomic E-state index is -0.148. The second-order valence-electron chi connectivity index (χ2n) is 6.44. The lowest BCUT2D eigenvalue weighted by Gasteiger charge is -2.42. The zero-order valence-electron chi connectivity index (χ0n) is 15.6. The minimum absolute atomic E-state index is 0.0664. The molecule has 1 amide bonds. The fourth-order valence-corrected chi connectivity index (χ4v) is 3.19. The zero-order chi connectivity index (χ0) is 17.5. The van der Waals surface area contributed by atoms with Gasteiger partial charge in [-0.3, -0.25) is 4.79 Å². The minimum Gasteiger partial charge on any atom is -0.361 e. The van der Waals surface area contributed by atoms with Gasteiger partial charge in [-0.2, -0.15) is 0 Å². The van der Waals surface area contributed by atoms with E-state index in [1.165, 1.54) is 0 Å². The molecule has 23 heavy (non-hydrogen) atoms. The average Bonchev–Trinajstić information content (AvgIpc) is 3.05. The van der Waals surface area contributed by atoms with Gasteiger partial charge in [0, 0.05) is 30.5 Å². The molecule has 1 aromatic rings. The quantitative estimate of drug-likeness (QED) is 0.716. The third-order valence-corrected chi connectivity index (χ3v) is 5.27. The predicted octanol–water partition coefficient (Wildman–Crippen LogP) is 3.50. The van der Waals surface area contributed by atoms with E-state index in [-0.39, 0.29) is 11.3 Å². The molecule has 0 fully saturated rings. The molecule has 0 saturated heterocycles. The number of hydrogen-bond donors (Lipinski definition) is 1. The smallest absolute Gasteiger partial charge is 0.273 e. The first-order chi connectivity index (χ1) is 10.9. The Bertz CT molecular complexity index is 480. The maximum absolute atomic E-state index is 12.3. The van der Waals surface area contributed by atoms with Crippen LogP contribution in [0.1, 0.15) is 70.1 Å². The fourth-order valence-electron chi connectivity index (χ4n) is 3.19. The van der Waals surface area contributed by atoms with E-state index in [2.05, 4.69) is 50.1 Å².